The summed E-state index contributed by atoms with van der Waals surface area (Å²) in [6.45, 7) is 7.79. The summed E-state index contributed by atoms with van der Waals surface area (Å²) in [5.41, 5.74) is 0.444. The zero-order chi connectivity index (χ0) is 22.6. The minimum atomic E-state index is -1.37. The highest BCUT2D eigenvalue weighted by atomic mass is 32.1. The lowest BCUT2D eigenvalue weighted by Gasteiger charge is -2.34. The molecule has 31 heavy (non-hydrogen) atoms. The van der Waals surface area contributed by atoms with Gasteiger partial charge in [-0.05, 0) is 27.7 Å². The van der Waals surface area contributed by atoms with E-state index in [1.54, 1.807) is 33.1 Å². The number of hydroxylamine groups is 1. The highest BCUT2D eigenvalue weighted by Gasteiger charge is 2.46. The summed E-state index contributed by atoms with van der Waals surface area (Å²) < 4.78 is 10.9. The fourth-order valence-electron chi connectivity index (χ4n) is 3.10. The Bertz CT molecular complexity index is 868. The summed E-state index contributed by atoms with van der Waals surface area (Å²) in [4.78, 5) is 52.7. The van der Waals surface area contributed by atoms with Gasteiger partial charge in [0.05, 0.1) is 30.7 Å². The van der Waals surface area contributed by atoms with E-state index in [4.69, 9.17) is 19.1 Å². The molecule has 170 valence electrons. The number of nitrogens with zero attached hydrogens (tertiary/aromatic N) is 2. The zero-order valence-corrected chi connectivity index (χ0v) is 18.9. The Morgan fingerprint density at radius 3 is 2.61 bits per heavy atom. The van der Waals surface area contributed by atoms with Crippen LogP contribution < -0.4 is 5.48 Å². The Morgan fingerprint density at radius 2 is 2.06 bits per heavy atom. The van der Waals surface area contributed by atoms with Gasteiger partial charge in [0, 0.05) is 24.6 Å². The van der Waals surface area contributed by atoms with E-state index >= 15 is 0 Å². The number of ether oxygens (including phenoxy) is 2. The van der Waals surface area contributed by atoms with Crippen molar-refractivity contribution in [3.05, 3.63) is 16.1 Å². The second-order valence-corrected chi connectivity index (χ2v) is 9.56. The van der Waals surface area contributed by atoms with Crippen molar-refractivity contribution in [1.82, 2.24) is 10.5 Å². The molecule has 3 rings (SSSR count). The molecule has 0 saturated carbocycles. The molecular weight excluding hydrogens is 426 g/mol. The number of aryl methyl sites for hydroxylation is 1. The van der Waals surface area contributed by atoms with E-state index in [-0.39, 0.29) is 37.5 Å². The molecular formula is C20H27N3O7S. The number of carbonyl (C=O) groups excluding carboxylic acids is 3. The van der Waals surface area contributed by atoms with Gasteiger partial charge in [-0.15, -0.1) is 11.3 Å². The van der Waals surface area contributed by atoms with E-state index < -0.39 is 28.9 Å². The lowest BCUT2D eigenvalue weighted by molar-refractivity contribution is -0.195. The molecule has 2 saturated heterocycles. The summed E-state index contributed by atoms with van der Waals surface area (Å²) in [6, 6.07) is 0. The summed E-state index contributed by atoms with van der Waals surface area (Å²) in [5, 5.41) is 6.53. The van der Waals surface area contributed by atoms with Crippen LogP contribution >= 0.6 is 11.3 Å². The van der Waals surface area contributed by atoms with Gasteiger partial charge in [-0.3, -0.25) is 14.4 Å². The van der Waals surface area contributed by atoms with Gasteiger partial charge in [-0.1, -0.05) is 5.16 Å². The summed E-state index contributed by atoms with van der Waals surface area (Å²) in [6.07, 6.45) is 0.358. The van der Waals surface area contributed by atoms with Crippen molar-refractivity contribution in [2.75, 3.05) is 19.8 Å². The Kier molecular flexibility index (Phi) is 7.07. The quantitative estimate of drug-likeness (QED) is 0.376. The van der Waals surface area contributed by atoms with Gasteiger partial charge >= 0.3 is 5.97 Å². The standard InChI is InChI=1S/C20H27N3O7S/c1-12-21-14(11-31-12)16(15(24)9-13-10-28-23-17(13)25)22-30-20(5-7-27-8-6-20)18(26)29-19(2,3)4/h11,13H,5-10H2,1-4H3,(H,23,25)/b22-16-/t13-/m0/s1. The number of rotatable bonds is 7. The van der Waals surface area contributed by atoms with Gasteiger partial charge in [0.25, 0.3) is 0 Å². The average Bonchev–Trinajstić information content (AvgIpc) is 3.30. The van der Waals surface area contributed by atoms with Crippen LogP contribution in [0.3, 0.4) is 0 Å². The molecule has 2 aliphatic heterocycles. The monoisotopic (exact) mass is 453 g/mol. The lowest BCUT2D eigenvalue weighted by atomic mass is 9.94. The number of carbonyl (C=O) groups is 3. The molecule has 1 aromatic heterocycles. The van der Waals surface area contributed by atoms with Crippen molar-refractivity contribution in [2.45, 2.75) is 58.2 Å². The van der Waals surface area contributed by atoms with Gasteiger partial charge in [-0.25, -0.2) is 15.3 Å². The predicted octanol–water partition coefficient (Wildman–Crippen LogP) is 1.70. The highest BCUT2D eigenvalue weighted by molar-refractivity contribution is 7.09. The van der Waals surface area contributed by atoms with Gasteiger partial charge in [-0.2, -0.15) is 0 Å². The van der Waals surface area contributed by atoms with E-state index in [2.05, 4.69) is 15.6 Å². The van der Waals surface area contributed by atoms with Crippen LogP contribution in [0.5, 0.6) is 0 Å². The molecule has 2 fully saturated rings. The van der Waals surface area contributed by atoms with E-state index in [1.807, 2.05) is 0 Å². The highest BCUT2D eigenvalue weighted by Crippen LogP contribution is 2.30. The maximum atomic E-state index is 13.0. The maximum Gasteiger partial charge on any atom is 0.354 e. The van der Waals surface area contributed by atoms with Gasteiger partial charge in [0.2, 0.25) is 11.5 Å². The van der Waals surface area contributed by atoms with E-state index in [0.29, 0.717) is 18.9 Å². The van der Waals surface area contributed by atoms with Crippen molar-refractivity contribution in [3.63, 3.8) is 0 Å². The first-order chi connectivity index (χ1) is 14.6. The molecule has 1 aromatic rings. The Morgan fingerprint density at radius 1 is 1.35 bits per heavy atom. The van der Waals surface area contributed by atoms with Crippen molar-refractivity contribution in [1.29, 1.82) is 0 Å². The third-order valence-electron chi connectivity index (χ3n) is 4.77. The minimum Gasteiger partial charge on any atom is -0.457 e. The number of nitrogens with one attached hydrogen (secondary N) is 1. The first-order valence-electron chi connectivity index (χ1n) is 10.0. The van der Waals surface area contributed by atoms with Crippen LogP contribution in [0.4, 0.5) is 0 Å². The smallest absolute Gasteiger partial charge is 0.354 e. The number of amides is 1. The third kappa shape index (κ3) is 5.86. The number of oxime groups is 1. The Labute approximate surface area is 184 Å². The topological polar surface area (TPSA) is 125 Å². The molecule has 1 atom stereocenters. The largest absolute Gasteiger partial charge is 0.457 e. The van der Waals surface area contributed by atoms with Crippen molar-refractivity contribution in [3.8, 4) is 0 Å². The molecule has 0 spiro atoms. The van der Waals surface area contributed by atoms with Gasteiger partial charge in [0.1, 0.15) is 11.3 Å². The molecule has 10 nitrogen and oxygen atoms in total. The predicted molar refractivity (Wildman–Crippen MR) is 110 cm³/mol. The van der Waals surface area contributed by atoms with Crippen LogP contribution in [0.15, 0.2) is 10.5 Å². The van der Waals surface area contributed by atoms with Gasteiger partial charge < -0.3 is 14.3 Å². The first-order valence-corrected chi connectivity index (χ1v) is 10.9. The molecule has 1 N–H and O–H groups in total. The zero-order valence-electron chi connectivity index (χ0n) is 18.1. The molecule has 1 amide bonds. The fourth-order valence-corrected chi connectivity index (χ4v) is 3.69. The minimum absolute atomic E-state index is 0.0431. The molecule has 11 heteroatoms. The number of thiazole rings is 1. The second kappa shape index (κ2) is 9.41. The fraction of sp³-hybridized carbons (Fsp3) is 0.650. The molecule has 3 heterocycles. The average molecular weight is 454 g/mol. The number of aromatic nitrogens is 1. The van der Waals surface area contributed by atoms with Crippen molar-refractivity contribution < 1.29 is 33.5 Å². The number of ketones is 1. The van der Waals surface area contributed by atoms with Gasteiger partial charge in [0.15, 0.2) is 11.5 Å². The molecule has 0 unspecified atom stereocenters. The van der Waals surface area contributed by atoms with Crippen LogP contribution in [0.2, 0.25) is 0 Å². The number of esters is 1. The second-order valence-electron chi connectivity index (χ2n) is 8.49. The van der Waals surface area contributed by atoms with Crippen molar-refractivity contribution >= 4 is 34.7 Å². The molecule has 0 aliphatic carbocycles. The Hall–Kier alpha value is -2.37. The number of Topliss-reactive ketones (excluding diaryl/α,β-unsaturated/α-hetero) is 1. The van der Waals surface area contributed by atoms with Crippen LogP contribution in [0.25, 0.3) is 0 Å². The lowest BCUT2D eigenvalue weighted by Crippen LogP contribution is -2.49. The first kappa shape index (κ1) is 23.3. The summed E-state index contributed by atoms with van der Waals surface area (Å²) in [7, 11) is 0. The molecule has 0 bridgehead atoms. The van der Waals surface area contributed by atoms with Crippen LogP contribution in [0.1, 0.15) is 50.7 Å². The maximum absolute atomic E-state index is 13.0. The van der Waals surface area contributed by atoms with Crippen molar-refractivity contribution in [2.24, 2.45) is 11.1 Å². The van der Waals surface area contributed by atoms with E-state index in [9.17, 15) is 14.4 Å². The van der Waals surface area contributed by atoms with E-state index in [0.717, 1.165) is 5.01 Å². The number of hydrogen-bond acceptors (Lipinski definition) is 10. The normalized spacial score (nSPS) is 21.5. The number of hydrogen-bond donors (Lipinski definition) is 1. The molecule has 0 radical (unpaired) electrons. The SMILES string of the molecule is Cc1nc(/C(=N/OC2(C(=O)OC(C)(C)C)CCOCC2)C(=O)C[C@H]2CONC2=O)cs1. The van der Waals surface area contributed by atoms with Crippen LogP contribution in [-0.4, -0.2) is 59.4 Å². The van der Waals surface area contributed by atoms with E-state index in [1.165, 1.54) is 11.3 Å². The molecule has 0 aromatic carbocycles. The Balaban J connectivity index is 1.87. The molecule has 2 aliphatic rings. The summed E-state index contributed by atoms with van der Waals surface area (Å²) >= 11 is 1.35. The third-order valence-corrected chi connectivity index (χ3v) is 5.54. The summed E-state index contributed by atoms with van der Waals surface area (Å²) in [5.74, 6) is -1.97. The van der Waals surface area contributed by atoms with Crippen LogP contribution in [0, 0.1) is 12.8 Å². The van der Waals surface area contributed by atoms with Crippen LogP contribution in [-0.2, 0) is 33.5 Å².